The van der Waals surface area contributed by atoms with Crippen LogP contribution in [-0.4, -0.2) is 21.1 Å². The number of aromatic nitrogens is 3. The predicted octanol–water partition coefficient (Wildman–Crippen LogP) is 0.676. The fourth-order valence-electron chi connectivity index (χ4n) is 1.37. The lowest BCUT2D eigenvalue weighted by atomic mass is 10.4. The van der Waals surface area contributed by atoms with Crippen molar-refractivity contribution in [3.8, 4) is 0 Å². The molecule has 0 fully saturated rings. The summed E-state index contributed by atoms with van der Waals surface area (Å²) in [4.78, 5) is 8.00. The monoisotopic (exact) mass is 218 g/mol. The van der Waals surface area contributed by atoms with Crippen LogP contribution >= 0.6 is 0 Å². The van der Waals surface area contributed by atoms with E-state index in [0.29, 0.717) is 5.82 Å². The maximum absolute atomic E-state index is 5.27. The number of nitrogens with zero attached hydrogens (tertiary/aromatic N) is 3. The summed E-state index contributed by atoms with van der Waals surface area (Å²) in [7, 11) is 0. The largest absolute Gasteiger partial charge is 0.383 e. The van der Waals surface area contributed by atoms with Crippen molar-refractivity contribution in [1.29, 1.82) is 0 Å². The van der Waals surface area contributed by atoms with E-state index >= 15 is 0 Å². The highest BCUT2D eigenvalue weighted by molar-refractivity contribution is 5.51. The molecule has 0 aliphatic carbocycles. The topological polar surface area (TPSA) is 80.8 Å². The smallest absolute Gasteiger partial charge is 0.141 e. The number of rotatable bonds is 5. The Morgan fingerprint density at radius 2 is 2.31 bits per heavy atom. The molecule has 0 saturated carbocycles. The summed E-state index contributed by atoms with van der Waals surface area (Å²) in [5.74, 6) is 5.92. The van der Waals surface area contributed by atoms with E-state index in [1.165, 1.54) is 0 Å². The van der Waals surface area contributed by atoms with Gasteiger partial charge in [0, 0.05) is 43.4 Å². The number of hydrazine groups is 1. The summed E-state index contributed by atoms with van der Waals surface area (Å²) < 4.78 is 2.01. The number of anilines is 2. The van der Waals surface area contributed by atoms with Gasteiger partial charge in [0.15, 0.2) is 0 Å². The van der Waals surface area contributed by atoms with Gasteiger partial charge in [0.1, 0.15) is 5.82 Å². The lowest BCUT2D eigenvalue weighted by Crippen LogP contribution is -2.11. The highest BCUT2D eigenvalue weighted by atomic mass is 15.2. The Morgan fingerprint density at radius 3 is 3.06 bits per heavy atom. The van der Waals surface area contributed by atoms with Crippen molar-refractivity contribution < 1.29 is 0 Å². The highest BCUT2D eigenvalue weighted by Gasteiger charge is 1.95. The van der Waals surface area contributed by atoms with Crippen molar-refractivity contribution in [2.75, 3.05) is 17.3 Å². The van der Waals surface area contributed by atoms with Crippen molar-refractivity contribution in [3.05, 3.63) is 37.1 Å². The Labute approximate surface area is 93.5 Å². The van der Waals surface area contributed by atoms with Crippen LogP contribution in [0.15, 0.2) is 37.1 Å². The summed E-state index contributed by atoms with van der Waals surface area (Å²) in [6.45, 7) is 1.69. The molecular weight excluding hydrogens is 204 g/mol. The minimum atomic E-state index is 0.646. The fourth-order valence-corrected chi connectivity index (χ4v) is 1.37. The number of pyridine rings is 1. The molecule has 2 heterocycles. The second-order valence-corrected chi connectivity index (χ2v) is 3.30. The molecule has 0 aliphatic rings. The lowest BCUT2D eigenvalue weighted by Gasteiger charge is -2.07. The van der Waals surface area contributed by atoms with Gasteiger partial charge in [-0.05, 0) is 6.07 Å². The van der Waals surface area contributed by atoms with E-state index in [1.807, 2.05) is 22.9 Å². The average molecular weight is 218 g/mol. The van der Waals surface area contributed by atoms with Gasteiger partial charge >= 0.3 is 0 Å². The van der Waals surface area contributed by atoms with Crippen LogP contribution in [0.2, 0.25) is 0 Å². The van der Waals surface area contributed by atoms with E-state index in [2.05, 4.69) is 20.7 Å². The number of nitrogen functional groups attached to an aromatic ring is 1. The zero-order valence-corrected chi connectivity index (χ0v) is 8.80. The number of nitrogens with one attached hydrogen (secondary N) is 2. The maximum atomic E-state index is 5.27. The van der Waals surface area contributed by atoms with E-state index in [1.54, 1.807) is 18.7 Å². The summed E-state index contributed by atoms with van der Waals surface area (Å²) in [5, 5.41) is 3.27. The van der Waals surface area contributed by atoms with Crippen LogP contribution < -0.4 is 16.6 Å². The van der Waals surface area contributed by atoms with E-state index in [9.17, 15) is 0 Å². The molecule has 0 atom stereocenters. The highest BCUT2D eigenvalue weighted by Crippen LogP contribution is 2.10. The third-order valence-corrected chi connectivity index (χ3v) is 2.17. The molecule has 16 heavy (non-hydrogen) atoms. The number of imidazole rings is 1. The fraction of sp³-hybridized carbons (Fsp3) is 0.200. The van der Waals surface area contributed by atoms with Crippen molar-refractivity contribution in [1.82, 2.24) is 14.5 Å². The van der Waals surface area contributed by atoms with Gasteiger partial charge < -0.3 is 15.3 Å². The Bertz CT molecular complexity index is 425. The van der Waals surface area contributed by atoms with Gasteiger partial charge in [-0.25, -0.2) is 15.8 Å². The van der Waals surface area contributed by atoms with E-state index in [4.69, 9.17) is 5.84 Å². The first-order valence-corrected chi connectivity index (χ1v) is 5.01. The molecule has 0 aromatic carbocycles. The van der Waals surface area contributed by atoms with Crippen LogP contribution in [0, 0.1) is 0 Å². The second-order valence-electron chi connectivity index (χ2n) is 3.30. The van der Waals surface area contributed by atoms with Gasteiger partial charge in [-0.1, -0.05) is 0 Å². The summed E-state index contributed by atoms with van der Waals surface area (Å²) >= 11 is 0. The maximum Gasteiger partial charge on any atom is 0.141 e. The van der Waals surface area contributed by atoms with Crippen LogP contribution in [0.3, 0.4) is 0 Å². The Kier molecular flexibility index (Phi) is 3.35. The molecule has 0 radical (unpaired) electrons. The normalized spacial score (nSPS) is 10.1. The molecule has 2 aromatic rings. The first-order chi connectivity index (χ1) is 7.88. The number of hydrogen-bond donors (Lipinski definition) is 3. The van der Waals surface area contributed by atoms with E-state index < -0.39 is 0 Å². The first-order valence-electron chi connectivity index (χ1n) is 5.01. The molecule has 84 valence electrons. The molecule has 0 aliphatic heterocycles. The SMILES string of the molecule is NNc1cc(NCCn2ccnc2)ccn1. The van der Waals surface area contributed by atoms with Crippen molar-refractivity contribution in [2.45, 2.75) is 6.54 Å². The third kappa shape index (κ3) is 2.71. The van der Waals surface area contributed by atoms with Crippen LogP contribution in [0.4, 0.5) is 11.5 Å². The molecule has 2 aromatic heterocycles. The van der Waals surface area contributed by atoms with Gasteiger partial charge in [0.2, 0.25) is 0 Å². The van der Waals surface area contributed by atoms with Gasteiger partial charge in [-0.3, -0.25) is 0 Å². The van der Waals surface area contributed by atoms with Gasteiger partial charge in [0.25, 0.3) is 0 Å². The van der Waals surface area contributed by atoms with E-state index in [0.717, 1.165) is 18.8 Å². The molecule has 0 saturated heterocycles. The lowest BCUT2D eigenvalue weighted by molar-refractivity contribution is 0.727. The molecule has 4 N–H and O–H groups in total. The molecule has 0 spiro atoms. The molecule has 2 rings (SSSR count). The Morgan fingerprint density at radius 1 is 1.38 bits per heavy atom. The number of nitrogens with two attached hydrogens (primary N) is 1. The molecule has 6 nitrogen and oxygen atoms in total. The minimum Gasteiger partial charge on any atom is -0.383 e. The first kappa shape index (κ1) is 10.4. The second kappa shape index (κ2) is 5.13. The van der Waals surface area contributed by atoms with Crippen LogP contribution in [0.1, 0.15) is 0 Å². The molecule has 0 unspecified atom stereocenters. The Hall–Kier alpha value is -2.08. The van der Waals surface area contributed by atoms with Crippen molar-refractivity contribution in [3.63, 3.8) is 0 Å². The molecule has 0 bridgehead atoms. The summed E-state index contributed by atoms with van der Waals surface area (Å²) in [6.07, 6.45) is 7.19. The third-order valence-electron chi connectivity index (χ3n) is 2.17. The molecule has 6 heteroatoms. The standard InChI is InChI=1S/C10H14N6/c11-15-10-7-9(1-2-14-10)13-4-6-16-5-3-12-8-16/h1-3,5,7-8H,4,6,11H2,(H2,13,14,15). The number of hydrogen-bond acceptors (Lipinski definition) is 5. The summed E-state index contributed by atoms with van der Waals surface area (Å²) in [6, 6.07) is 3.75. The minimum absolute atomic E-state index is 0.646. The summed E-state index contributed by atoms with van der Waals surface area (Å²) in [5.41, 5.74) is 3.49. The quantitative estimate of drug-likeness (QED) is 0.508. The van der Waals surface area contributed by atoms with E-state index in [-0.39, 0.29) is 0 Å². The van der Waals surface area contributed by atoms with Gasteiger partial charge in [-0.15, -0.1) is 0 Å². The molecule has 0 amide bonds. The van der Waals surface area contributed by atoms with Gasteiger partial charge in [-0.2, -0.15) is 0 Å². The van der Waals surface area contributed by atoms with Gasteiger partial charge in [0.05, 0.1) is 6.33 Å². The average Bonchev–Trinajstić information content (AvgIpc) is 2.82. The zero-order valence-electron chi connectivity index (χ0n) is 8.80. The predicted molar refractivity (Wildman–Crippen MR) is 62.8 cm³/mol. The van der Waals surface area contributed by atoms with Crippen LogP contribution in [0.25, 0.3) is 0 Å². The Balaban J connectivity index is 1.85. The van der Waals surface area contributed by atoms with Crippen molar-refractivity contribution >= 4 is 11.5 Å². The van der Waals surface area contributed by atoms with Crippen molar-refractivity contribution in [2.24, 2.45) is 5.84 Å². The zero-order chi connectivity index (χ0) is 11.2. The van der Waals surface area contributed by atoms with Crippen LogP contribution in [-0.2, 0) is 6.54 Å². The molecular formula is C10H14N6. The van der Waals surface area contributed by atoms with Crippen LogP contribution in [0.5, 0.6) is 0 Å².